The number of nitrogens with one attached hydrogen (secondary N) is 1. The highest BCUT2D eigenvalue weighted by atomic mass is 35.5. The van der Waals surface area contributed by atoms with Crippen molar-refractivity contribution in [2.45, 2.75) is 58.4 Å². The van der Waals surface area contributed by atoms with Gasteiger partial charge in [0, 0.05) is 18.0 Å². The maximum atomic E-state index is 6.24. The first-order chi connectivity index (χ1) is 9.19. The number of anilines is 1. The van der Waals surface area contributed by atoms with Crippen molar-refractivity contribution in [2.24, 2.45) is 11.8 Å². The van der Waals surface area contributed by atoms with Crippen molar-refractivity contribution in [1.82, 2.24) is 9.97 Å². The molecule has 4 heteroatoms. The summed E-state index contributed by atoms with van der Waals surface area (Å²) in [4.78, 5) is 9.04. The van der Waals surface area contributed by atoms with Crippen LogP contribution in [0.3, 0.4) is 0 Å². The number of aromatic nitrogens is 2. The van der Waals surface area contributed by atoms with Gasteiger partial charge in [-0.25, -0.2) is 9.97 Å². The van der Waals surface area contributed by atoms with Gasteiger partial charge in [-0.05, 0) is 50.9 Å². The Morgan fingerprint density at radius 1 is 1.21 bits per heavy atom. The van der Waals surface area contributed by atoms with Crippen LogP contribution in [0.25, 0.3) is 0 Å². The summed E-state index contributed by atoms with van der Waals surface area (Å²) in [6.45, 7) is 4.15. The summed E-state index contributed by atoms with van der Waals surface area (Å²) < 4.78 is 0. The van der Waals surface area contributed by atoms with Crippen LogP contribution in [0.5, 0.6) is 0 Å². The van der Waals surface area contributed by atoms with Crippen LogP contribution < -0.4 is 5.32 Å². The maximum Gasteiger partial charge on any atom is 0.137 e. The van der Waals surface area contributed by atoms with E-state index in [4.69, 9.17) is 11.6 Å². The summed E-state index contributed by atoms with van der Waals surface area (Å²) in [6, 6.07) is 0.610. The van der Waals surface area contributed by atoms with E-state index in [0.717, 1.165) is 41.9 Å². The van der Waals surface area contributed by atoms with Crippen LogP contribution in [-0.2, 0) is 6.42 Å². The Morgan fingerprint density at radius 3 is 2.37 bits per heavy atom. The lowest BCUT2D eigenvalue weighted by molar-refractivity contribution is 0.564. The van der Waals surface area contributed by atoms with Gasteiger partial charge in [-0.15, -0.1) is 0 Å². The van der Waals surface area contributed by atoms with Crippen LogP contribution in [0.4, 0.5) is 5.82 Å². The molecule has 2 fully saturated rings. The summed E-state index contributed by atoms with van der Waals surface area (Å²) >= 11 is 6.24. The number of rotatable bonds is 6. The van der Waals surface area contributed by atoms with Gasteiger partial charge in [0.15, 0.2) is 0 Å². The van der Waals surface area contributed by atoms with Crippen molar-refractivity contribution >= 4 is 17.4 Å². The zero-order valence-electron chi connectivity index (χ0n) is 11.7. The molecule has 2 aliphatic carbocycles. The van der Waals surface area contributed by atoms with Gasteiger partial charge in [0.2, 0.25) is 0 Å². The second-order valence-electron chi connectivity index (χ2n) is 6.00. The van der Waals surface area contributed by atoms with E-state index in [1.165, 1.54) is 25.7 Å². The molecule has 1 aromatic rings. The molecule has 1 N–H and O–H groups in total. The molecule has 0 unspecified atom stereocenters. The van der Waals surface area contributed by atoms with Gasteiger partial charge in [-0.3, -0.25) is 0 Å². The largest absolute Gasteiger partial charge is 0.366 e. The zero-order valence-corrected chi connectivity index (χ0v) is 12.5. The van der Waals surface area contributed by atoms with E-state index in [1.807, 2.05) is 6.92 Å². The third-order valence-corrected chi connectivity index (χ3v) is 4.54. The minimum absolute atomic E-state index is 0.603. The monoisotopic (exact) mass is 279 g/mol. The van der Waals surface area contributed by atoms with Gasteiger partial charge in [-0.2, -0.15) is 0 Å². The van der Waals surface area contributed by atoms with E-state index < -0.39 is 0 Å². The quantitative estimate of drug-likeness (QED) is 0.800. The summed E-state index contributed by atoms with van der Waals surface area (Å²) in [5, 5.41) is 4.28. The molecule has 2 aliphatic rings. The Labute approximate surface area is 120 Å². The number of halogens is 1. The normalized spacial score (nSPS) is 18.9. The third-order valence-electron chi connectivity index (χ3n) is 4.17. The SMILES string of the molecule is CCCc1nc(Cl)c(C)c(NC(C2CC2)C2CC2)n1. The maximum absolute atomic E-state index is 6.24. The molecular formula is C15H22ClN3. The van der Waals surface area contributed by atoms with Crippen molar-refractivity contribution in [3.05, 3.63) is 16.5 Å². The summed E-state index contributed by atoms with van der Waals surface area (Å²) in [5.74, 6) is 3.55. The van der Waals surface area contributed by atoms with Crippen LogP contribution in [0.2, 0.25) is 5.15 Å². The Balaban J connectivity index is 1.81. The molecule has 0 atom stereocenters. The third kappa shape index (κ3) is 3.02. The van der Waals surface area contributed by atoms with Gasteiger partial charge >= 0.3 is 0 Å². The zero-order chi connectivity index (χ0) is 13.4. The van der Waals surface area contributed by atoms with E-state index in [-0.39, 0.29) is 0 Å². The molecule has 0 amide bonds. The van der Waals surface area contributed by atoms with Gasteiger partial charge in [0.1, 0.15) is 16.8 Å². The molecule has 0 aliphatic heterocycles. The molecule has 0 aromatic carbocycles. The van der Waals surface area contributed by atoms with Crippen LogP contribution in [0, 0.1) is 18.8 Å². The average Bonchev–Trinajstić information content (AvgIpc) is 3.26. The van der Waals surface area contributed by atoms with Crippen molar-refractivity contribution < 1.29 is 0 Å². The topological polar surface area (TPSA) is 37.8 Å². The van der Waals surface area contributed by atoms with Crippen LogP contribution in [-0.4, -0.2) is 16.0 Å². The van der Waals surface area contributed by atoms with Gasteiger partial charge in [-0.1, -0.05) is 18.5 Å². The van der Waals surface area contributed by atoms with Crippen molar-refractivity contribution in [1.29, 1.82) is 0 Å². The summed E-state index contributed by atoms with van der Waals surface area (Å²) in [7, 11) is 0. The van der Waals surface area contributed by atoms with Crippen molar-refractivity contribution in [2.75, 3.05) is 5.32 Å². The lowest BCUT2D eigenvalue weighted by atomic mass is 10.1. The number of hydrogen-bond acceptors (Lipinski definition) is 3. The van der Waals surface area contributed by atoms with E-state index in [1.54, 1.807) is 0 Å². The molecule has 104 valence electrons. The summed E-state index contributed by atoms with van der Waals surface area (Å²) in [6.07, 6.45) is 7.42. The standard InChI is InChI=1S/C15H22ClN3/c1-3-4-12-17-14(16)9(2)15(18-12)19-13(10-5-6-10)11-7-8-11/h10-11,13H,3-8H2,1-2H3,(H,17,18,19). The van der Waals surface area contributed by atoms with E-state index in [0.29, 0.717) is 11.2 Å². The second-order valence-corrected chi connectivity index (χ2v) is 6.36. The molecular weight excluding hydrogens is 258 g/mol. The molecule has 0 bridgehead atoms. The van der Waals surface area contributed by atoms with Crippen molar-refractivity contribution in [3.63, 3.8) is 0 Å². The van der Waals surface area contributed by atoms with Crippen molar-refractivity contribution in [3.8, 4) is 0 Å². The van der Waals surface area contributed by atoms with Crippen LogP contribution >= 0.6 is 11.6 Å². The lowest BCUT2D eigenvalue weighted by Gasteiger charge is -2.20. The molecule has 3 nitrogen and oxygen atoms in total. The highest BCUT2D eigenvalue weighted by Gasteiger charge is 2.41. The van der Waals surface area contributed by atoms with E-state index >= 15 is 0 Å². The smallest absolute Gasteiger partial charge is 0.137 e. The van der Waals surface area contributed by atoms with E-state index in [9.17, 15) is 0 Å². The molecule has 19 heavy (non-hydrogen) atoms. The average molecular weight is 280 g/mol. The minimum Gasteiger partial charge on any atom is -0.366 e. The number of aryl methyl sites for hydroxylation is 1. The fourth-order valence-corrected chi connectivity index (χ4v) is 2.88. The first-order valence-corrected chi connectivity index (χ1v) is 7.86. The Hall–Kier alpha value is -0.830. The molecule has 0 radical (unpaired) electrons. The molecule has 1 heterocycles. The van der Waals surface area contributed by atoms with Gasteiger partial charge in [0.25, 0.3) is 0 Å². The van der Waals surface area contributed by atoms with Gasteiger partial charge in [0.05, 0.1) is 0 Å². The molecule has 2 saturated carbocycles. The predicted molar refractivity (Wildman–Crippen MR) is 78.6 cm³/mol. The first kappa shape index (κ1) is 13.2. The minimum atomic E-state index is 0.603. The number of hydrogen-bond donors (Lipinski definition) is 1. The fraction of sp³-hybridized carbons (Fsp3) is 0.733. The Bertz CT molecular complexity index is 455. The van der Waals surface area contributed by atoms with Gasteiger partial charge < -0.3 is 5.32 Å². The molecule has 0 spiro atoms. The van der Waals surface area contributed by atoms with Crippen LogP contribution in [0.15, 0.2) is 0 Å². The predicted octanol–water partition coefficient (Wildman–Crippen LogP) is 3.99. The first-order valence-electron chi connectivity index (χ1n) is 7.48. The Morgan fingerprint density at radius 2 is 1.84 bits per heavy atom. The summed E-state index contributed by atoms with van der Waals surface area (Å²) in [5.41, 5.74) is 0.993. The molecule has 0 saturated heterocycles. The Kier molecular flexibility index (Phi) is 3.66. The number of nitrogens with zero attached hydrogens (tertiary/aromatic N) is 2. The highest BCUT2D eigenvalue weighted by molar-refractivity contribution is 6.30. The highest BCUT2D eigenvalue weighted by Crippen LogP contribution is 2.46. The van der Waals surface area contributed by atoms with E-state index in [2.05, 4.69) is 22.2 Å². The van der Waals surface area contributed by atoms with Crippen LogP contribution in [0.1, 0.15) is 50.4 Å². The molecule has 3 rings (SSSR count). The molecule has 1 aromatic heterocycles. The second kappa shape index (κ2) is 5.28. The fourth-order valence-electron chi connectivity index (χ4n) is 2.70. The lowest BCUT2D eigenvalue weighted by Crippen LogP contribution is -2.25.